The van der Waals surface area contributed by atoms with Gasteiger partial charge in [-0.05, 0) is 36.8 Å². The number of halogens is 1. The van der Waals surface area contributed by atoms with Crippen molar-refractivity contribution in [3.05, 3.63) is 70.5 Å². The zero-order valence-electron chi connectivity index (χ0n) is 16.0. The van der Waals surface area contributed by atoms with E-state index in [0.29, 0.717) is 28.8 Å². The Kier molecular flexibility index (Phi) is 5.45. The van der Waals surface area contributed by atoms with Crippen molar-refractivity contribution in [2.75, 3.05) is 24.1 Å². The minimum atomic E-state index is -0.322. The number of nitriles is 1. The summed E-state index contributed by atoms with van der Waals surface area (Å²) in [5.74, 6) is 0.575. The number of rotatable bonds is 4. The molecular weight excluding hydrogens is 389 g/mol. The predicted molar refractivity (Wildman–Crippen MR) is 111 cm³/mol. The number of anilines is 1. The molecule has 0 N–H and O–H groups in total. The molecule has 2 aromatic rings. The smallest absolute Gasteiger partial charge is 0.229 e. The molecule has 148 valence electrons. The molecule has 29 heavy (non-hydrogen) atoms. The van der Waals surface area contributed by atoms with Gasteiger partial charge in [0.05, 0.1) is 41.5 Å². The first-order valence-electron chi connectivity index (χ1n) is 9.42. The number of carbonyl (C=O) groups is 1. The van der Waals surface area contributed by atoms with Crippen molar-refractivity contribution < 1.29 is 13.9 Å². The molecule has 5 nitrogen and oxygen atoms in total. The Balaban J connectivity index is 1.63. The molecule has 2 heterocycles. The fourth-order valence-electron chi connectivity index (χ4n) is 3.67. The monoisotopic (exact) mass is 409 g/mol. The Labute approximate surface area is 173 Å². The number of allylic oxidation sites excluding steroid dienone is 1. The van der Waals surface area contributed by atoms with E-state index in [1.54, 1.807) is 23.1 Å². The summed E-state index contributed by atoms with van der Waals surface area (Å²) >= 11 is 1.40. The maximum absolute atomic E-state index is 14.2. The average molecular weight is 409 g/mol. The molecule has 0 aromatic heterocycles. The highest BCUT2D eigenvalue weighted by atomic mass is 32.2. The molecule has 2 aromatic carbocycles. The lowest BCUT2D eigenvalue weighted by atomic mass is 9.86. The first kappa shape index (κ1) is 19.3. The molecular formula is C22H20FN3O2S. The Morgan fingerprint density at radius 2 is 2.00 bits per heavy atom. The fourth-order valence-corrected chi connectivity index (χ4v) is 4.83. The largest absolute Gasteiger partial charge is 0.494 e. The van der Waals surface area contributed by atoms with Crippen LogP contribution in [0.5, 0.6) is 5.75 Å². The van der Waals surface area contributed by atoms with Gasteiger partial charge in [-0.2, -0.15) is 5.26 Å². The number of nitrogens with zero attached hydrogens (tertiary/aromatic N) is 3. The van der Waals surface area contributed by atoms with Crippen molar-refractivity contribution in [3.8, 4) is 11.8 Å². The van der Waals surface area contributed by atoms with Crippen LogP contribution >= 0.6 is 11.8 Å². The Morgan fingerprint density at radius 3 is 2.69 bits per heavy atom. The van der Waals surface area contributed by atoms with Crippen LogP contribution in [-0.2, 0) is 4.79 Å². The third-order valence-corrected chi connectivity index (χ3v) is 6.23. The number of para-hydroxylation sites is 1. The summed E-state index contributed by atoms with van der Waals surface area (Å²) in [5.41, 5.74) is 1.97. The van der Waals surface area contributed by atoms with Gasteiger partial charge in [0, 0.05) is 12.3 Å². The summed E-state index contributed by atoms with van der Waals surface area (Å²) < 4.78 is 19.7. The van der Waals surface area contributed by atoms with Gasteiger partial charge in [-0.1, -0.05) is 36.0 Å². The number of amides is 1. The van der Waals surface area contributed by atoms with Crippen molar-refractivity contribution in [1.82, 2.24) is 4.90 Å². The summed E-state index contributed by atoms with van der Waals surface area (Å²) in [6, 6.07) is 16.4. The van der Waals surface area contributed by atoms with Crippen LogP contribution < -0.4 is 9.64 Å². The van der Waals surface area contributed by atoms with E-state index in [1.165, 1.54) is 17.8 Å². The summed E-state index contributed by atoms with van der Waals surface area (Å²) in [4.78, 5) is 16.3. The molecule has 1 saturated heterocycles. The van der Waals surface area contributed by atoms with Gasteiger partial charge in [0.1, 0.15) is 11.6 Å². The number of fused-ring (bicyclic) bond motifs is 1. The second-order valence-electron chi connectivity index (χ2n) is 6.82. The van der Waals surface area contributed by atoms with Crippen molar-refractivity contribution in [2.24, 2.45) is 0 Å². The Hall–Kier alpha value is -2.98. The van der Waals surface area contributed by atoms with Crippen LogP contribution in [-0.4, -0.2) is 30.0 Å². The van der Waals surface area contributed by atoms with Gasteiger partial charge in [0.15, 0.2) is 0 Å². The van der Waals surface area contributed by atoms with Crippen molar-refractivity contribution in [3.63, 3.8) is 0 Å². The van der Waals surface area contributed by atoms with Gasteiger partial charge in [0.25, 0.3) is 0 Å². The van der Waals surface area contributed by atoms with E-state index in [0.717, 1.165) is 11.3 Å². The molecule has 0 radical (unpaired) electrons. The minimum absolute atomic E-state index is 0.0635. The Morgan fingerprint density at radius 1 is 1.24 bits per heavy atom. The van der Waals surface area contributed by atoms with Crippen LogP contribution in [0.2, 0.25) is 0 Å². The highest BCUT2D eigenvalue weighted by Gasteiger charge is 2.38. The molecule has 7 heteroatoms. The number of carbonyl (C=O) groups excluding carboxylic acids is 1. The number of hydrogen-bond acceptors (Lipinski definition) is 5. The third-order valence-electron chi connectivity index (χ3n) is 5.08. The van der Waals surface area contributed by atoms with Crippen LogP contribution in [0.4, 0.5) is 10.1 Å². The van der Waals surface area contributed by atoms with E-state index in [1.807, 2.05) is 36.1 Å². The zero-order chi connectivity index (χ0) is 20.4. The van der Waals surface area contributed by atoms with Crippen LogP contribution in [0.15, 0.2) is 59.1 Å². The SMILES string of the molecule is CCOc1ccc(C2CC(=O)N3CN(c4ccccc4F)CSC3=C2C#N)cc1. The lowest BCUT2D eigenvalue weighted by molar-refractivity contribution is -0.129. The molecule has 0 spiro atoms. The normalized spacial score (nSPS) is 19.1. The molecule has 1 amide bonds. The van der Waals surface area contributed by atoms with Crippen LogP contribution in [0, 0.1) is 17.1 Å². The molecule has 0 saturated carbocycles. The molecule has 1 unspecified atom stereocenters. The van der Waals surface area contributed by atoms with Gasteiger partial charge in [-0.15, -0.1) is 0 Å². The second-order valence-corrected chi connectivity index (χ2v) is 7.75. The summed E-state index contributed by atoms with van der Waals surface area (Å²) in [6.45, 7) is 2.74. The van der Waals surface area contributed by atoms with E-state index in [2.05, 4.69) is 6.07 Å². The van der Waals surface area contributed by atoms with Gasteiger partial charge >= 0.3 is 0 Å². The van der Waals surface area contributed by atoms with Crippen molar-refractivity contribution in [2.45, 2.75) is 19.3 Å². The number of thioether (sulfide) groups is 1. The highest BCUT2D eigenvalue weighted by Crippen LogP contribution is 2.43. The molecule has 0 bridgehead atoms. The quantitative estimate of drug-likeness (QED) is 0.747. The van der Waals surface area contributed by atoms with Gasteiger partial charge in [-0.3, -0.25) is 9.69 Å². The third kappa shape index (κ3) is 3.68. The Bertz CT molecular complexity index is 1000. The molecule has 4 rings (SSSR count). The van der Waals surface area contributed by atoms with E-state index < -0.39 is 0 Å². The first-order valence-corrected chi connectivity index (χ1v) is 10.4. The standard InChI is InChI=1S/C22H20FN3O2S/c1-2-28-16-9-7-15(8-10-16)17-11-21(27)26-13-25(14-29-22(26)18(17)12-24)20-6-4-3-5-19(20)23/h3-10,17H,2,11,13-14H2,1H3. The van der Waals surface area contributed by atoms with Crippen molar-refractivity contribution >= 4 is 23.4 Å². The number of ether oxygens (including phenoxy) is 1. The summed E-state index contributed by atoms with van der Waals surface area (Å²) in [5, 5.41) is 10.5. The van der Waals surface area contributed by atoms with E-state index >= 15 is 0 Å². The maximum Gasteiger partial charge on any atom is 0.229 e. The predicted octanol–water partition coefficient (Wildman–Crippen LogP) is 4.44. The lowest BCUT2D eigenvalue weighted by Crippen LogP contribution is -2.47. The van der Waals surface area contributed by atoms with E-state index in [-0.39, 0.29) is 30.7 Å². The zero-order valence-corrected chi connectivity index (χ0v) is 16.8. The second kappa shape index (κ2) is 8.18. The molecule has 2 aliphatic rings. The van der Waals surface area contributed by atoms with Gasteiger partial charge in [0.2, 0.25) is 5.91 Å². The van der Waals surface area contributed by atoms with Crippen LogP contribution in [0.1, 0.15) is 24.8 Å². The fraction of sp³-hybridized carbons (Fsp3) is 0.273. The molecule has 1 fully saturated rings. The van der Waals surface area contributed by atoms with E-state index in [4.69, 9.17) is 4.74 Å². The molecule has 1 atom stereocenters. The van der Waals surface area contributed by atoms with Gasteiger partial charge < -0.3 is 9.64 Å². The molecule has 2 aliphatic heterocycles. The number of hydrogen-bond donors (Lipinski definition) is 0. The highest BCUT2D eigenvalue weighted by molar-refractivity contribution is 8.03. The first-order chi connectivity index (χ1) is 14.1. The van der Waals surface area contributed by atoms with E-state index in [9.17, 15) is 14.4 Å². The van der Waals surface area contributed by atoms with Crippen LogP contribution in [0.3, 0.4) is 0 Å². The number of benzene rings is 2. The summed E-state index contributed by atoms with van der Waals surface area (Å²) in [7, 11) is 0. The lowest BCUT2D eigenvalue weighted by Gasteiger charge is -2.42. The average Bonchev–Trinajstić information content (AvgIpc) is 2.75. The molecule has 0 aliphatic carbocycles. The van der Waals surface area contributed by atoms with Crippen LogP contribution in [0.25, 0.3) is 0 Å². The topological polar surface area (TPSA) is 56.6 Å². The minimum Gasteiger partial charge on any atom is -0.494 e. The maximum atomic E-state index is 14.2. The van der Waals surface area contributed by atoms with Crippen molar-refractivity contribution in [1.29, 1.82) is 5.26 Å². The van der Waals surface area contributed by atoms with Gasteiger partial charge in [-0.25, -0.2) is 4.39 Å². The summed E-state index contributed by atoms with van der Waals surface area (Å²) in [6.07, 6.45) is 0.214.